The van der Waals surface area contributed by atoms with Crippen molar-refractivity contribution < 1.29 is 4.74 Å². The van der Waals surface area contributed by atoms with Crippen LogP contribution in [0.5, 0.6) is 5.75 Å². The Balaban J connectivity index is 1.67. The molecule has 2 heterocycles. The summed E-state index contributed by atoms with van der Waals surface area (Å²) in [6.07, 6.45) is 10.3. The number of rotatable bonds is 2. The SMILES string of the molecule is [C-]#[N+]C(C#N)=C1C=C(C=Cc2cc3c4c(c2)OCCN4CCC3)CC(C)(C)C1. The Morgan fingerprint density at radius 2 is 2.14 bits per heavy atom. The number of ether oxygens (including phenoxy) is 1. The summed E-state index contributed by atoms with van der Waals surface area (Å²) in [7, 11) is 0. The van der Waals surface area contributed by atoms with Gasteiger partial charge < -0.3 is 9.64 Å². The van der Waals surface area contributed by atoms with Gasteiger partial charge in [0.1, 0.15) is 12.4 Å². The van der Waals surface area contributed by atoms with E-state index >= 15 is 0 Å². The van der Waals surface area contributed by atoms with E-state index in [9.17, 15) is 5.26 Å². The van der Waals surface area contributed by atoms with Gasteiger partial charge >= 0.3 is 0 Å². The molecule has 0 atom stereocenters. The number of anilines is 1. The number of hydrogen-bond donors (Lipinski definition) is 0. The van der Waals surface area contributed by atoms with Crippen LogP contribution in [0.25, 0.3) is 10.9 Å². The van der Waals surface area contributed by atoms with Gasteiger partial charge in [-0.05, 0) is 65.5 Å². The van der Waals surface area contributed by atoms with Crippen molar-refractivity contribution in [2.45, 2.75) is 39.5 Å². The van der Waals surface area contributed by atoms with Gasteiger partial charge in [0.25, 0.3) is 5.70 Å². The first-order chi connectivity index (χ1) is 13.5. The van der Waals surface area contributed by atoms with Crippen LogP contribution in [0.2, 0.25) is 0 Å². The summed E-state index contributed by atoms with van der Waals surface area (Å²) in [5, 5.41) is 9.25. The first kappa shape index (κ1) is 18.4. The molecular formula is C24H25N3O. The molecule has 0 saturated carbocycles. The second kappa shape index (κ2) is 7.21. The van der Waals surface area contributed by atoms with Crippen LogP contribution in [0, 0.1) is 23.3 Å². The second-order valence-corrected chi connectivity index (χ2v) is 8.63. The van der Waals surface area contributed by atoms with E-state index in [0.717, 1.165) is 61.4 Å². The minimum Gasteiger partial charge on any atom is -0.490 e. The van der Waals surface area contributed by atoms with Gasteiger partial charge in [-0.15, -0.1) is 0 Å². The van der Waals surface area contributed by atoms with Gasteiger partial charge in [0, 0.05) is 6.54 Å². The molecule has 0 unspecified atom stereocenters. The highest BCUT2D eigenvalue weighted by molar-refractivity contribution is 5.71. The van der Waals surface area contributed by atoms with Crippen molar-refractivity contribution >= 4 is 11.8 Å². The van der Waals surface area contributed by atoms with E-state index in [1.165, 1.54) is 17.7 Å². The van der Waals surface area contributed by atoms with E-state index in [1.807, 2.05) is 12.1 Å². The van der Waals surface area contributed by atoms with Gasteiger partial charge in [0.2, 0.25) is 0 Å². The number of aryl methyl sites for hydroxylation is 1. The zero-order chi connectivity index (χ0) is 19.7. The maximum atomic E-state index is 9.25. The Morgan fingerprint density at radius 3 is 2.93 bits per heavy atom. The lowest BCUT2D eigenvalue weighted by Gasteiger charge is -2.36. The minimum absolute atomic E-state index is 0.0437. The molecule has 4 rings (SSSR count). The van der Waals surface area contributed by atoms with E-state index in [4.69, 9.17) is 11.3 Å². The summed E-state index contributed by atoms with van der Waals surface area (Å²) in [5.41, 5.74) is 6.09. The summed E-state index contributed by atoms with van der Waals surface area (Å²) in [5.74, 6) is 1.00. The van der Waals surface area contributed by atoms with Crippen LogP contribution in [0.15, 0.2) is 41.1 Å². The van der Waals surface area contributed by atoms with E-state index in [1.54, 1.807) is 0 Å². The average Bonchev–Trinajstić information content (AvgIpc) is 2.67. The molecule has 0 saturated heterocycles. The molecular weight excluding hydrogens is 346 g/mol. The third-order valence-electron chi connectivity index (χ3n) is 5.71. The van der Waals surface area contributed by atoms with Crippen LogP contribution in [0.1, 0.15) is 44.2 Å². The monoisotopic (exact) mass is 371 g/mol. The van der Waals surface area contributed by atoms with Gasteiger partial charge in [-0.25, -0.2) is 10.1 Å². The predicted octanol–water partition coefficient (Wildman–Crippen LogP) is 5.29. The zero-order valence-corrected chi connectivity index (χ0v) is 16.6. The third kappa shape index (κ3) is 3.56. The molecule has 0 fully saturated rings. The summed E-state index contributed by atoms with van der Waals surface area (Å²) in [4.78, 5) is 5.86. The normalized spacial score (nSPS) is 21.9. The zero-order valence-electron chi connectivity index (χ0n) is 16.6. The third-order valence-corrected chi connectivity index (χ3v) is 5.71. The fourth-order valence-electron chi connectivity index (χ4n) is 4.59. The summed E-state index contributed by atoms with van der Waals surface area (Å²) >= 11 is 0. The van der Waals surface area contributed by atoms with E-state index in [-0.39, 0.29) is 11.1 Å². The quantitative estimate of drug-likeness (QED) is 0.524. The molecule has 1 aromatic rings. The van der Waals surface area contributed by atoms with Crippen molar-refractivity contribution in [2.75, 3.05) is 24.6 Å². The molecule has 142 valence electrons. The lowest BCUT2D eigenvalue weighted by Crippen LogP contribution is -2.36. The second-order valence-electron chi connectivity index (χ2n) is 8.63. The van der Waals surface area contributed by atoms with Crippen LogP contribution in [-0.4, -0.2) is 19.7 Å². The van der Waals surface area contributed by atoms with Gasteiger partial charge in [-0.3, -0.25) is 0 Å². The summed E-state index contributed by atoms with van der Waals surface area (Å²) in [6, 6.07) is 6.46. The van der Waals surface area contributed by atoms with Crippen molar-refractivity contribution in [3.63, 3.8) is 0 Å². The average molecular weight is 371 g/mol. The minimum atomic E-state index is 0.0437. The molecule has 28 heavy (non-hydrogen) atoms. The van der Waals surface area contributed by atoms with E-state index in [0.29, 0.717) is 0 Å². The van der Waals surface area contributed by atoms with Crippen molar-refractivity contribution in [1.82, 2.24) is 0 Å². The van der Waals surface area contributed by atoms with Crippen LogP contribution in [-0.2, 0) is 6.42 Å². The Labute approximate surface area is 167 Å². The molecule has 0 bridgehead atoms. The van der Waals surface area contributed by atoms with Gasteiger partial charge in [0.05, 0.1) is 24.9 Å². The highest BCUT2D eigenvalue weighted by atomic mass is 16.5. The molecule has 4 heteroatoms. The number of nitrogens with zero attached hydrogens (tertiary/aromatic N) is 3. The first-order valence-corrected chi connectivity index (χ1v) is 9.93. The standard InChI is InChI=1S/C24H25N3O/c1-24(2)14-18(12-20(15-24)21(16-25)26-3)7-6-17-11-19-5-4-8-27-9-10-28-22(13-17)23(19)27/h6-7,11-13H,4-5,8-10,14-15H2,1-2H3. The van der Waals surface area contributed by atoms with Crippen LogP contribution < -0.4 is 9.64 Å². The molecule has 0 N–H and O–H groups in total. The van der Waals surface area contributed by atoms with Crippen LogP contribution >= 0.6 is 0 Å². The van der Waals surface area contributed by atoms with Crippen LogP contribution in [0.4, 0.5) is 5.69 Å². The molecule has 1 aliphatic carbocycles. The number of benzene rings is 1. The Hall–Kier alpha value is -2.98. The molecule has 0 radical (unpaired) electrons. The van der Waals surface area contributed by atoms with Gasteiger partial charge in [-0.2, -0.15) is 0 Å². The van der Waals surface area contributed by atoms with Crippen molar-refractivity contribution in [3.8, 4) is 11.8 Å². The van der Waals surface area contributed by atoms with Crippen LogP contribution in [0.3, 0.4) is 0 Å². The fourth-order valence-corrected chi connectivity index (χ4v) is 4.59. The Kier molecular flexibility index (Phi) is 4.73. The molecule has 4 nitrogen and oxygen atoms in total. The molecule has 0 spiro atoms. The summed E-state index contributed by atoms with van der Waals surface area (Å²) in [6.45, 7) is 14.5. The maximum absolute atomic E-state index is 9.25. The molecule has 0 amide bonds. The number of nitriles is 1. The van der Waals surface area contributed by atoms with Crippen molar-refractivity contribution in [1.29, 1.82) is 5.26 Å². The molecule has 0 aromatic heterocycles. The lowest BCUT2D eigenvalue weighted by atomic mass is 9.74. The van der Waals surface area contributed by atoms with E-state index < -0.39 is 0 Å². The highest BCUT2D eigenvalue weighted by Gasteiger charge is 2.27. The maximum Gasteiger partial charge on any atom is 0.265 e. The molecule has 1 aromatic carbocycles. The van der Waals surface area contributed by atoms with Crippen molar-refractivity contribution in [2.24, 2.45) is 5.41 Å². The Bertz CT molecular complexity index is 935. The van der Waals surface area contributed by atoms with Crippen molar-refractivity contribution in [3.05, 3.63) is 63.7 Å². The van der Waals surface area contributed by atoms with E-state index in [2.05, 4.69) is 47.9 Å². The van der Waals surface area contributed by atoms with Gasteiger partial charge in [0.15, 0.2) is 0 Å². The predicted molar refractivity (Wildman–Crippen MR) is 112 cm³/mol. The number of hydrogen-bond acceptors (Lipinski definition) is 3. The first-order valence-electron chi connectivity index (χ1n) is 9.93. The summed E-state index contributed by atoms with van der Waals surface area (Å²) < 4.78 is 5.95. The molecule has 3 aliphatic rings. The van der Waals surface area contributed by atoms with Gasteiger partial charge in [-0.1, -0.05) is 32.1 Å². The largest absolute Gasteiger partial charge is 0.490 e. The number of allylic oxidation sites excluding steroid dienone is 5. The Morgan fingerprint density at radius 1 is 1.29 bits per heavy atom. The highest BCUT2D eigenvalue weighted by Crippen LogP contribution is 2.41. The fraction of sp³-hybridized carbons (Fsp3) is 0.417. The lowest BCUT2D eigenvalue weighted by molar-refractivity contribution is 0.304. The topological polar surface area (TPSA) is 40.6 Å². The molecule has 2 aliphatic heterocycles. The smallest absolute Gasteiger partial charge is 0.265 e.